The lowest BCUT2D eigenvalue weighted by Crippen LogP contribution is -2.50. The molecule has 0 saturated carbocycles. The van der Waals surface area contributed by atoms with Crippen molar-refractivity contribution in [3.8, 4) is 11.1 Å². The van der Waals surface area contributed by atoms with Crippen molar-refractivity contribution < 1.29 is 9.53 Å². The van der Waals surface area contributed by atoms with Gasteiger partial charge in [-0.1, -0.05) is 42.5 Å². The van der Waals surface area contributed by atoms with Gasteiger partial charge in [0.1, 0.15) is 0 Å². The van der Waals surface area contributed by atoms with E-state index < -0.39 is 0 Å². The molecule has 5 heteroatoms. The zero-order valence-corrected chi connectivity index (χ0v) is 17.1. The van der Waals surface area contributed by atoms with Gasteiger partial charge in [-0.25, -0.2) is 0 Å². The molecule has 2 aliphatic heterocycles. The predicted molar refractivity (Wildman–Crippen MR) is 116 cm³/mol. The van der Waals surface area contributed by atoms with Gasteiger partial charge < -0.3 is 9.64 Å². The molecule has 4 rings (SSSR count). The molecule has 2 aromatic rings. The highest BCUT2D eigenvalue weighted by atomic mass is 32.2. The van der Waals surface area contributed by atoms with Gasteiger partial charge in [0.25, 0.3) is 5.91 Å². The molecule has 2 aromatic carbocycles. The average Bonchev–Trinajstić information content (AvgIpc) is 3.00. The van der Waals surface area contributed by atoms with Gasteiger partial charge in [-0.05, 0) is 35.4 Å². The first-order valence-electron chi connectivity index (χ1n) is 10.2. The largest absolute Gasteiger partial charge is 0.379 e. The van der Waals surface area contributed by atoms with Crippen LogP contribution in [0.3, 0.4) is 0 Å². The van der Waals surface area contributed by atoms with Crippen LogP contribution < -0.4 is 0 Å². The predicted octanol–water partition coefficient (Wildman–Crippen LogP) is 3.63. The maximum absolute atomic E-state index is 13.3. The third kappa shape index (κ3) is 4.77. The van der Waals surface area contributed by atoms with E-state index in [1.165, 1.54) is 5.56 Å². The minimum atomic E-state index is 0.167. The van der Waals surface area contributed by atoms with Crippen LogP contribution in [0.5, 0.6) is 0 Å². The molecule has 2 saturated heterocycles. The Labute approximate surface area is 171 Å². The summed E-state index contributed by atoms with van der Waals surface area (Å²) in [6.45, 7) is 5.33. The molecule has 0 unspecified atom stereocenters. The summed E-state index contributed by atoms with van der Waals surface area (Å²) >= 11 is 1.98. The summed E-state index contributed by atoms with van der Waals surface area (Å²) in [7, 11) is 0. The molecule has 28 heavy (non-hydrogen) atoms. The van der Waals surface area contributed by atoms with Crippen molar-refractivity contribution in [2.24, 2.45) is 0 Å². The highest BCUT2D eigenvalue weighted by Crippen LogP contribution is 2.23. The topological polar surface area (TPSA) is 32.8 Å². The molecule has 148 valence electrons. The summed E-state index contributed by atoms with van der Waals surface area (Å²) in [6, 6.07) is 18.7. The van der Waals surface area contributed by atoms with E-state index in [1.54, 1.807) is 0 Å². The van der Waals surface area contributed by atoms with Gasteiger partial charge in [0.15, 0.2) is 0 Å². The second-order valence-electron chi connectivity index (χ2n) is 7.44. The minimum absolute atomic E-state index is 0.167. The molecule has 1 atom stereocenters. The summed E-state index contributed by atoms with van der Waals surface area (Å²) in [4.78, 5) is 17.9. The number of morpholine rings is 1. The monoisotopic (exact) mass is 396 g/mol. The molecule has 0 N–H and O–H groups in total. The number of hydrogen-bond acceptors (Lipinski definition) is 4. The Balaban J connectivity index is 1.48. The Hall–Kier alpha value is -1.82. The molecule has 4 nitrogen and oxygen atoms in total. The maximum atomic E-state index is 13.3. The van der Waals surface area contributed by atoms with E-state index in [9.17, 15) is 4.79 Å². The Kier molecular flexibility index (Phi) is 6.68. The number of amides is 1. The van der Waals surface area contributed by atoms with Crippen LogP contribution in [0.2, 0.25) is 0 Å². The fourth-order valence-electron chi connectivity index (χ4n) is 3.93. The average molecular weight is 397 g/mol. The first kappa shape index (κ1) is 19.5. The van der Waals surface area contributed by atoms with E-state index >= 15 is 0 Å². The number of rotatable bonds is 4. The molecule has 0 aliphatic carbocycles. The third-order valence-electron chi connectivity index (χ3n) is 5.51. The third-order valence-corrected chi connectivity index (χ3v) is 6.71. The van der Waals surface area contributed by atoms with E-state index in [4.69, 9.17) is 4.74 Å². The van der Waals surface area contributed by atoms with Crippen LogP contribution in [0.15, 0.2) is 54.6 Å². The Morgan fingerprint density at radius 1 is 0.964 bits per heavy atom. The number of ether oxygens (including phenoxy) is 1. The standard InChI is InChI=1S/C23H28N2O2S/c26-23(21-9-7-20(8-10-21)19-5-2-1-3-6-19)25-11-4-16-28-18-22(25)17-24-12-14-27-15-13-24/h1-3,5-10,22H,4,11-18H2/t22-/m0/s1. The van der Waals surface area contributed by atoms with Crippen LogP contribution in [0.25, 0.3) is 11.1 Å². The van der Waals surface area contributed by atoms with Crippen molar-refractivity contribution in [3.63, 3.8) is 0 Å². The molecule has 2 fully saturated rings. The highest BCUT2D eigenvalue weighted by molar-refractivity contribution is 7.99. The second-order valence-corrected chi connectivity index (χ2v) is 8.59. The Morgan fingerprint density at radius 2 is 1.68 bits per heavy atom. The van der Waals surface area contributed by atoms with Crippen LogP contribution in [-0.2, 0) is 4.74 Å². The number of thioether (sulfide) groups is 1. The molecule has 0 aromatic heterocycles. The van der Waals surface area contributed by atoms with Crippen molar-refractivity contribution in [3.05, 3.63) is 60.2 Å². The molecular formula is C23H28N2O2S. The number of hydrogen-bond donors (Lipinski definition) is 0. The summed E-state index contributed by atoms with van der Waals surface area (Å²) in [5.74, 6) is 2.32. The first-order chi connectivity index (χ1) is 13.8. The van der Waals surface area contributed by atoms with E-state index in [0.29, 0.717) is 0 Å². The zero-order chi connectivity index (χ0) is 19.2. The summed E-state index contributed by atoms with van der Waals surface area (Å²) in [5, 5.41) is 0. The lowest BCUT2D eigenvalue weighted by molar-refractivity contribution is 0.0245. The van der Waals surface area contributed by atoms with E-state index in [0.717, 1.165) is 68.4 Å². The fraction of sp³-hybridized carbons (Fsp3) is 0.435. The van der Waals surface area contributed by atoms with Crippen LogP contribution in [-0.4, -0.2) is 72.6 Å². The van der Waals surface area contributed by atoms with Crippen LogP contribution >= 0.6 is 11.8 Å². The molecule has 1 amide bonds. The van der Waals surface area contributed by atoms with E-state index in [2.05, 4.69) is 34.1 Å². The SMILES string of the molecule is O=C(c1ccc(-c2ccccc2)cc1)N1CCCSC[C@@H]1CN1CCOCC1. The van der Waals surface area contributed by atoms with Crippen molar-refractivity contribution in [2.45, 2.75) is 12.5 Å². The minimum Gasteiger partial charge on any atom is -0.379 e. The number of benzene rings is 2. The number of carbonyl (C=O) groups is 1. The van der Waals surface area contributed by atoms with Gasteiger partial charge in [0.2, 0.25) is 0 Å². The van der Waals surface area contributed by atoms with Gasteiger partial charge in [0, 0.05) is 37.5 Å². The van der Waals surface area contributed by atoms with Gasteiger partial charge >= 0.3 is 0 Å². The molecule has 0 bridgehead atoms. The first-order valence-corrected chi connectivity index (χ1v) is 11.3. The Morgan fingerprint density at radius 3 is 2.43 bits per heavy atom. The van der Waals surface area contributed by atoms with Crippen molar-refractivity contribution in [1.29, 1.82) is 0 Å². The normalized spacial score (nSPS) is 21.3. The van der Waals surface area contributed by atoms with Crippen molar-refractivity contribution >= 4 is 17.7 Å². The summed E-state index contributed by atoms with van der Waals surface area (Å²) in [6.07, 6.45) is 1.07. The number of carbonyl (C=O) groups excluding carboxylic acids is 1. The van der Waals surface area contributed by atoms with E-state index in [1.807, 2.05) is 42.1 Å². The van der Waals surface area contributed by atoms with Crippen LogP contribution in [0, 0.1) is 0 Å². The zero-order valence-electron chi connectivity index (χ0n) is 16.3. The smallest absolute Gasteiger partial charge is 0.254 e. The summed E-state index contributed by atoms with van der Waals surface area (Å²) in [5.41, 5.74) is 3.12. The van der Waals surface area contributed by atoms with Crippen LogP contribution in [0.4, 0.5) is 0 Å². The molecule has 2 aliphatic rings. The highest BCUT2D eigenvalue weighted by Gasteiger charge is 2.28. The van der Waals surface area contributed by atoms with Crippen LogP contribution in [0.1, 0.15) is 16.8 Å². The fourth-order valence-corrected chi connectivity index (χ4v) is 4.99. The molecule has 0 spiro atoms. The summed E-state index contributed by atoms with van der Waals surface area (Å²) < 4.78 is 5.48. The van der Waals surface area contributed by atoms with Gasteiger partial charge in [0.05, 0.1) is 19.3 Å². The quantitative estimate of drug-likeness (QED) is 0.790. The van der Waals surface area contributed by atoms with Crippen molar-refractivity contribution in [1.82, 2.24) is 9.80 Å². The molecule has 0 radical (unpaired) electrons. The lowest BCUT2D eigenvalue weighted by atomic mass is 10.0. The van der Waals surface area contributed by atoms with E-state index in [-0.39, 0.29) is 11.9 Å². The second kappa shape index (κ2) is 9.59. The maximum Gasteiger partial charge on any atom is 0.254 e. The van der Waals surface area contributed by atoms with Gasteiger partial charge in [-0.2, -0.15) is 11.8 Å². The Bertz CT molecular complexity index is 760. The molecular weight excluding hydrogens is 368 g/mol. The number of nitrogens with zero attached hydrogens (tertiary/aromatic N) is 2. The lowest BCUT2D eigenvalue weighted by Gasteiger charge is -2.35. The molecule has 2 heterocycles. The van der Waals surface area contributed by atoms with Gasteiger partial charge in [-0.15, -0.1) is 0 Å². The van der Waals surface area contributed by atoms with Gasteiger partial charge in [-0.3, -0.25) is 9.69 Å². The van der Waals surface area contributed by atoms with Crippen molar-refractivity contribution in [2.75, 3.05) is 50.9 Å².